The predicted molar refractivity (Wildman–Crippen MR) is 69.5 cm³/mol. The molecule has 0 unspecified atom stereocenters. The summed E-state index contributed by atoms with van der Waals surface area (Å²) in [5.74, 6) is -0.237. The van der Waals surface area contributed by atoms with Gasteiger partial charge in [-0.2, -0.15) is 5.10 Å². The molecule has 2 rings (SSSR count). The molecule has 0 fully saturated rings. The van der Waals surface area contributed by atoms with Crippen LogP contribution in [0.15, 0.2) is 35.1 Å². The number of nitrogens with one attached hydrogen (secondary N) is 1. The quantitative estimate of drug-likeness (QED) is 0.940. The van der Waals surface area contributed by atoms with Gasteiger partial charge in [-0.05, 0) is 30.2 Å². The summed E-state index contributed by atoms with van der Waals surface area (Å²) in [6, 6.07) is 4.86. The standard InChI is InChI=1S/C12H13BrFN3/c1-17-8-9(7-16-17)4-5-15-12-6-10(13)2-3-11(12)14/h2-3,6-8,15H,4-5H2,1H3. The fourth-order valence-electron chi connectivity index (χ4n) is 1.58. The average molecular weight is 298 g/mol. The van der Waals surface area contributed by atoms with E-state index in [0.29, 0.717) is 12.2 Å². The highest BCUT2D eigenvalue weighted by atomic mass is 79.9. The zero-order valence-corrected chi connectivity index (χ0v) is 11.0. The Labute approximate surface area is 108 Å². The van der Waals surface area contributed by atoms with Gasteiger partial charge in [0.15, 0.2) is 0 Å². The molecule has 1 N–H and O–H groups in total. The molecular weight excluding hydrogens is 285 g/mol. The topological polar surface area (TPSA) is 29.9 Å². The van der Waals surface area contributed by atoms with Gasteiger partial charge in [-0.3, -0.25) is 4.68 Å². The maximum Gasteiger partial charge on any atom is 0.146 e. The number of hydrogen-bond donors (Lipinski definition) is 1. The van der Waals surface area contributed by atoms with Gasteiger partial charge >= 0.3 is 0 Å². The van der Waals surface area contributed by atoms with Gasteiger partial charge in [-0.1, -0.05) is 15.9 Å². The molecule has 2 aromatic rings. The molecule has 0 saturated carbocycles. The van der Waals surface area contributed by atoms with E-state index in [1.165, 1.54) is 6.07 Å². The van der Waals surface area contributed by atoms with Crippen molar-refractivity contribution in [2.45, 2.75) is 6.42 Å². The summed E-state index contributed by atoms with van der Waals surface area (Å²) in [6.07, 6.45) is 4.59. The second-order valence-corrected chi connectivity index (χ2v) is 4.74. The highest BCUT2D eigenvalue weighted by molar-refractivity contribution is 9.10. The first kappa shape index (κ1) is 12.1. The number of benzene rings is 1. The average Bonchev–Trinajstić information content (AvgIpc) is 2.69. The summed E-state index contributed by atoms with van der Waals surface area (Å²) >= 11 is 3.32. The number of nitrogens with zero attached hydrogens (tertiary/aromatic N) is 2. The van der Waals surface area contributed by atoms with Crippen molar-refractivity contribution in [1.82, 2.24) is 9.78 Å². The first-order valence-electron chi connectivity index (χ1n) is 5.31. The van der Waals surface area contributed by atoms with E-state index in [-0.39, 0.29) is 5.82 Å². The summed E-state index contributed by atoms with van der Waals surface area (Å²) < 4.78 is 16.0. The largest absolute Gasteiger partial charge is 0.382 e. The summed E-state index contributed by atoms with van der Waals surface area (Å²) in [5.41, 5.74) is 1.65. The third-order valence-electron chi connectivity index (χ3n) is 2.42. The van der Waals surface area contributed by atoms with E-state index in [0.717, 1.165) is 16.5 Å². The van der Waals surface area contributed by atoms with Crippen LogP contribution in [0.3, 0.4) is 0 Å². The van der Waals surface area contributed by atoms with Crippen LogP contribution in [0.2, 0.25) is 0 Å². The number of aromatic nitrogens is 2. The van der Waals surface area contributed by atoms with Crippen LogP contribution in [0, 0.1) is 5.82 Å². The Balaban J connectivity index is 1.91. The first-order valence-corrected chi connectivity index (χ1v) is 6.11. The first-order chi connectivity index (χ1) is 8.15. The number of aryl methyl sites for hydroxylation is 1. The molecule has 0 spiro atoms. The molecule has 1 aromatic heterocycles. The van der Waals surface area contributed by atoms with E-state index < -0.39 is 0 Å². The maximum absolute atomic E-state index is 13.4. The van der Waals surface area contributed by atoms with Crippen LogP contribution >= 0.6 is 15.9 Å². The molecule has 0 aliphatic rings. The molecule has 0 amide bonds. The molecule has 0 saturated heterocycles. The zero-order valence-electron chi connectivity index (χ0n) is 9.45. The van der Waals surface area contributed by atoms with Gasteiger partial charge in [-0.15, -0.1) is 0 Å². The zero-order chi connectivity index (χ0) is 12.3. The summed E-state index contributed by atoms with van der Waals surface area (Å²) in [5, 5.41) is 7.15. The third kappa shape index (κ3) is 3.30. The van der Waals surface area contributed by atoms with Crippen LogP contribution in [0.4, 0.5) is 10.1 Å². The Morgan fingerprint density at radius 2 is 2.29 bits per heavy atom. The molecule has 0 atom stereocenters. The summed E-state index contributed by atoms with van der Waals surface area (Å²) in [4.78, 5) is 0. The summed E-state index contributed by atoms with van der Waals surface area (Å²) in [7, 11) is 1.88. The molecular formula is C12H13BrFN3. The van der Waals surface area contributed by atoms with E-state index in [2.05, 4.69) is 26.3 Å². The fraction of sp³-hybridized carbons (Fsp3) is 0.250. The monoisotopic (exact) mass is 297 g/mol. The third-order valence-corrected chi connectivity index (χ3v) is 2.91. The predicted octanol–water partition coefficient (Wildman–Crippen LogP) is 2.98. The molecule has 3 nitrogen and oxygen atoms in total. The van der Waals surface area contributed by atoms with Gasteiger partial charge in [-0.25, -0.2) is 4.39 Å². The van der Waals surface area contributed by atoms with E-state index in [4.69, 9.17) is 0 Å². The molecule has 1 heterocycles. The second-order valence-electron chi connectivity index (χ2n) is 3.82. The van der Waals surface area contributed by atoms with Crippen LogP contribution in [-0.2, 0) is 13.5 Å². The molecule has 0 bridgehead atoms. The lowest BCUT2D eigenvalue weighted by atomic mass is 10.2. The molecule has 5 heteroatoms. The van der Waals surface area contributed by atoms with Crippen molar-refractivity contribution in [3.8, 4) is 0 Å². The lowest BCUT2D eigenvalue weighted by Gasteiger charge is -2.07. The molecule has 0 aliphatic carbocycles. The van der Waals surface area contributed by atoms with Crippen molar-refractivity contribution in [3.63, 3.8) is 0 Å². The normalized spacial score (nSPS) is 10.5. The number of hydrogen-bond acceptors (Lipinski definition) is 2. The van der Waals surface area contributed by atoms with Crippen molar-refractivity contribution in [3.05, 3.63) is 46.4 Å². The van der Waals surface area contributed by atoms with Crippen molar-refractivity contribution in [2.24, 2.45) is 7.05 Å². The van der Waals surface area contributed by atoms with Crippen LogP contribution < -0.4 is 5.32 Å². The number of anilines is 1. The number of rotatable bonds is 4. The van der Waals surface area contributed by atoms with E-state index in [1.807, 2.05) is 19.4 Å². The lowest BCUT2D eigenvalue weighted by Crippen LogP contribution is -2.05. The Hall–Kier alpha value is -1.36. The second kappa shape index (κ2) is 5.31. The highest BCUT2D eigenvalue weighted by Crippen LogP contribution is 2.19. The smallest absolute Gasteiger partial charge is 0.146 e. The minimum atomic E-state index is -0.237. The van der Waals surface area contributed by atoms with Crippen molar-refractivity contribution in [2.75, 3.05) is 11.9 Å². The molecule has 0 aliphatic heterocycles. The molecule has 1 aromatic carbocycles. The van der Waals surface area contributed by atoms with Crippen LogP contribution in [-0.4, -0.2) is 16.3 Å². The van der Waals surface area contributed by atoms with Gasteiger partial charge in [0.05, 0.1) is 11.9 Å². The summed E-state index contributed by atoms with van der Waals surface area (Å²) in [6.45, 7) is 0.680. The maximum atomic E-state index is 13.4. The van der Waals surface area contributed by atoms with Crippen molar-refractivity contribution in [1.29, 1.82) is 0 Å². The van der Waals surface area contributed by atoms with E-state index in [9.17, 15) is 4.39 Å². The SMILES string of the molecule is Cn1cc(CCNc2cc(Br)ccc2F)cn1. The lowest BCUT2D eigenvalue weighted by molar-refractivity contribution is 0.630. The van der Waals surface area contributed by atoms with Gasteiger partial charge in [0.25, 0.3) is 0 Å². The van der Waals surface area contributed by atoms with Crippen molar-refractivity contribution >= 4 is 21.6 Å². The molecule has 0 radical (unpaired) electrons. The van der Waals surface area contributed by atoms with Crippen molar-refractivity contribution < 1.29 is 4.39 Å². The van der Waals surface area contributed by atoms with Gasteiger partial charge < -0.3 is 5.32 Å². The van der Waals surface area contributed by atoms with E-state index in [1.54, 1.807) is 16.8 Å². The van der Waals surface area contributed by atoms with E-state index >= 15 is 0 Å². The van der Waals surface area contributed by atoms with Gasteiger partial charge in [0, 0.05) is 24.3 Å². The van der Waals surface area contributed by atoms with Crippen LogP contribution in [0.5, 0.6) is 0 Å². The minimum Gasteiger partial charge on any atom is -0.382 e. The Kier molecular flexibility index (Phi) is 3.78. The minimum absolute atomic E-state index is 0.237. The van der Waals surface area contributed by atoms with Gasteiger partial charge in [0.2, 0.25) is 0 Å². The Bertz CT molecular complexity index is 510. The van der Waals surface area contributed by atoms with Crippen LogP contribution in [0.1, 0.15) is 5.56 Å². The van der Waals surface area contributed by atoms with Crippen LogP contribution in [0.25, 0.3) is 0 Å². The molecule has 90 valence electrons. The Morgan fingerprint density at radius 3 is 3.00 bits per heavy atom. The Morgan fingerprint density at radius 1 is 1.47 bits per heavy atom. The molecule has 17 heavy (non-hydrogen) atoms. The fourth-order valence-corrected chi connectivity index (χ4v) is 1.94. The van der Waals surface area contributed by atoms with Gasteiger partial charge in [0.1, 0.15) is 5.82 Å². The number of halogens is 2. The highest BCUT2D eigenvalue weighted by Gasteiger charge is 2.02.